The molecule has 2 aromatic rings. The summed E-state index contributed by atoms with van der Waals surface area (Å²) in [4.78, 5) is 34.9. The normalized spacial score (nSPS) is 13.0. The van der Waals surface area contributed by atoms with Crippen LogP contribution in [0.1, 0.15) is 56.1 Å². The van der Waals surface area contributed by atoms with E-state index < -0.39 is 12.1 Å². The molecule has 0 saturated carbocycles. The van der Waals surface area contributed by atoms with Crippen LogP contribution in [0.2, 0.25) is 0 Å². The van der Waals surface area contributed by atoms with Crippen LogP contribution >= 0.6 is 0 Å². The minimum absolute atomic E-state index is 0.00991. The van der Waals surface area contributed by atoms with Gasteiger partial charge in [0, 0.05) is 31.3 Å². The van der Waals surface area contributed by atoms with Crippen molar-refractivity contribution in [3.8, 4) is 11.1 Å². The van der Waals surface area contributed by atoms with Gasteiger partial charge in [-0.1, -0.05) is 55.5 Å². The van der Waals surface area contributed by atoms with E-state index in [1.807, 2.05) is 31.2 Å². The van der Waals surface area contributed by atoms with E-state index in [-0.39, 0.29) is 37.3 Å². The lowest BCUT2D eigenvalue weighted by molar-refractivity contribution is -0.137. The number of hydrogen-bond donors (Lipinski definition) is 3. The average Bonchev–Trinajstić information content (AvgIpc) is 3.11. The second kappa shape index (κ2) is 11.3. The quantitative estimate of drug-likeness (QED) is 0.459. The number of amides is 2. The van der Waals surface area contributed by atoms with E-state index in [1.54, 1.807) is 0 Å². The first-order valence-corrected chi connectivity index (χ1v) is 11.1. The molecule has 7 nitrogen and oxygen atoms in total. The molecule has 2 amide bonds. The first kappa shape index (κ1) is 23.3. The lowest BCUT2D eigenvalue weighted by Gasteiger charge is -2.16. The van der Waals surface area contributed by atoms with Gasteiger partial charge < -0.3 is 20.5 Å². The molecule has 0 aliphatic heterocycles. The van der Waals surface area contributed by atoms with E-state index in [1.165, 1.54) is 11.1 Å². The molecule has 0 bridgehead atoms. The molecule has 32 heavy (non-hydrogen) atoms. The van der Waals surface area contributed by atoms with Gasteiger partial charge in [0.1, 0.15) is 6.61 Å². The predicted octanol–water partition coefficient (Wildman–Crippen LogP) is 4.06. The zero-order valence-electron chi connectivity index (χ0n) is 18.3. The Morgan fingerprint density at radius 3 is 2.22 bits per heavy atom. The number of nitrogens with one attached hydrogen (secondary N) is 2. The Labute approximate surface area is 188 Å². The highest BCUT2D eigenvalue weighted by atomic mass is 16.5. The number of rotatable bonds is 11. The third-order valence-corrected chi connectivity index (χ3v) is 5.76. The molecule has 0 heterocycles. The van der Waals surface area contributed by atoms with Crippen molar-refractivity contribution >= 4 is 18.0 Å². The molecule has 1 atom stereocenters. The monoisotopic (exact) mass is 438 g/mol. The molecule has 2 aromatic carbocycles. The maximum Gasteiger partial charge on any atom is 0.407 e. The van der Waals surface area contributed by atoms with Crippen LogP contribution in [-0.4, -0.2) is 42.3 Å². The van der Waals surface area contributed by atoms with Crippen LogP contribution in [0.4, 0.5) is 4.79 Å². The third kappa shape index (κ3) is 6.09. The fourth-order valence-corrected chi connectivity index (χ4v) is 4.06. The number of benzene rings is 2. The molecule has 0 saturated heterocycles. The number of carboxylic acids is 1. The van der Waals surface area contributed by atoms with Gasteiger partial charge in [0.05, 0.1) is 0 Å². The van der Waals surface area contributed by atoms with Crippen molar-refractivity contribution in [1.29, 1.82) is 0 Å². The smallest absolute Gasteiger partial charge is 0.407 e. The van der Waals surface area contributed by atoms with E-state index in [0.29, 0.717) is 25.8 Å². The van der Waals surface area contributed by atoms with Crippen molar-refractivity contribution in [1.82, 2.24) is 10.6 Å². The van der Waals surface area contributed by atoms with Crippen molar-refractivity contribution in [3.63, 3.8) is 0 Å². The van der Waals surface area contributed by atoms with Gasteiger partial charge >= 0.3 is 12.1 Å². The first-order chi connectivity index (χ1) is 15.5. The molecular weight excluding hydrogens is 408 g/mol. The molecule has 3 rings (SSSR count). The van der Waals surface area contributed by atoms with Crippen LogP contribution in [-0.2, 0) is 14.3 Å². The number of fused-ring (bicyclic) bond motifs is 3. The molecule has 170 valence electrons. The Morgan fingerprint density at radius 1 is 1.00 bits per heavy atom. The molecule has 0 aromatic heterocycles. The Morgan fingerprint density at radius 2 is 1.62 bits per heavy atom. The minimum atomic E-state index is -0.870. The number of carbonyl (C=O) groups is 3. The van der Waals surface area contributed by atoms with E-state index in [0.717, 1.165) is 11.1 Å². The van der Waals surface area contributed by atoms with Gasteiger partial charge in [0.2, 0.25) is 5.91 Å². The Balaban J connectivity index is 1.39. The average molecular weight is 439 g/mol. The second-order valence-electron chi connectivity index (χ2n) is 7.96. The molecule has 3 N–H and O–H groups in total. The molecular formula is C25H30N2O5. The Bertz CT molecular complexity index is 913. The maximum atomic E-state index is 12.2. The lowest BCUT2D eigenvalue weighted by atomic mass is 9.98. The number of carbonyl (C=O) groups excluding carboxylic acids is 2. The number of hydrogen-bond acceptors (Lipinski definition) is 4. The fourth-order valence-electron chi connectivity index (χ4n) is 4.06. The topological polar surface area (TPSA) is 105 Å². The van der Waals surface area contributed by atoms with E-state index >= 15 is 0 Å². The largest absolute Gasteiger partial charge is 0.481 e. The second-order valence-corrected chi connectivity index (χ2v) is 7.96. The molecule has 1 unspecified atom stereocenters. The summed E-state index contributed by atoms with van der Waals surface area (Å²) >= 11 is 0. The van der Waals surface area contributed by atoms with E-state index in [4.69, 9.17) is 9.84 Å². The standard InChI is InChI=1S/C25H30N2O5/c1-2-17(13-14-24(29)30)27-23(28)12-7-15-26-25(31)32-16-22-20-10-5-3-8-18(20)19-9-4-6-11-21(19)22/h3-6,8-11,17,22H,2,7,12-16H2,1H3,(H,26,31)(H,27,28)(H,29,30). The molecule has 7 heteroatoms. The summed E-state index contributed by atoms with van der Waals surface area (Å²) in [5.74, 6) is -1.00. The lowest BCUT2D eigenvalue weighted by Crippen LogP contribution is -2.35. The molecule has 0 radical (unpaired) electrons. The Kier molecular flexibility index (Phi) is 8.25. The highest BCUT2D eigenvalue weighted by molar-refractivity contribution is 5.79. The van der Waals surface area contributed by atoms with Crippen LogP contribution < -0.4 is 10.6 Å². The number of aliphatic carboxylic acids is 1. The summed E-state index contributed by atoms with van der Waals surface area (Å²) in [7, 11) is 0. The van der Waals surface area contributed by atoms with E-state index in [2.05, 4.69) is 34.9 Å². The van der Waals surface area contributed by atoms with Crippen LogP contribution in [0.3, 0.4) is 0 Å². The fraction of sp³-hybridized carbons (Fsp3) is 0.400. The maximum absolute atomic E-state index is 12.2. The minimum Gasteiger partial charge on any atom is -0.481 e. The summed E-state index contributed by atoms with van der Waals surface area (Å²) in [6.45, 7) is 2.49. The van der Waals surface area contributed by atoms with Crippen LogP contribution in [0.5, 0.6) is 0 Å². The van der Waals surface area contributed by atoms with E-state index in [9.17, 15) is 14.4 Å². The van der Waals surface area contributed by atoms with Crippen LogP contribution in [0.15, 0.2) is 48.5 Å². The molecule has 1 aliphatic carbocycles. The summed E-state index contributed by atoms with van der Waals surface area (Å²) in [6, 6.07) is 16.2. The molecule has 1 aliphatic rings. The zero-order valence-corrected chi connectivity index (χ0v) is 18.3. The van der Waals surface area contributed by atoms with Crippen molar-refractivity contribution in [2.75, 3.05) is 13.2 Å². The summed E-state index contributed by atoms with van der Waals surface area (Å²) < 4.78 is 5.48. The van der Waals surface area contributed by atoms with Crippen molar-refractivity contribution in [2.24, 2.45) is 0 Å². The van der Waals surface area contributed by atoms with Crippen LogP contribution in [0, 0.1) is 0 Å². The zero-order chi connectivity index (χ0) is 22.9. The van der Waals surface area contributed by atoms with Crippen LogP contribution in [0.25, 0.3) is 11.1 Å². The van der Waals surface area contributed by atoms with Gasteiger partial charge in [-0.05, 0) is 41.5 Å². The van der Waals surface area contributed by atoms with Gasteiger partial charge in [-0.25, -0.2) is 4.79 Å². The highest BCUT2D eigenvalue weighted by Crippen LogP contribution is 2.44. The van der Waals surface area contributed by atoms with Gasteiger partial charge in [-0.3, -0.25) is 9.59 Å². The summed E-state index contributed by atoms with van der Waals surface area (Å²) in [5.41, 5.74) is 4.67. The van der Waals surface area contributed by atoms with Crippen molar-refractivity contribution in [3.05, 3.63) is 59.7 Å². The summed E-state index contributed by atoms with van der Waals surface area (Å²) in [6.07, 6.45) is 1.35. The van der Waals surface area contributed by atoms with Crippen molar-refractivity contribution in [2.45, 2.75) is 51.0 Å². The Hall–Kier alpha value is -3.35. The first-order valence-electron chi connectivity index (χ1n) is 11.1. The third-order valence-electron chi connectivity index (χ3n) is 5.76. The van der Waals surface area contributed by atoms with Gasteiger partial charge in [0.25, 0.3) is 0 Å². The molecule has 0 fully saturated rings. The van der Waals surface area contributed by atoms with Gasteiger partial charge in [0.15, 0.2) is 0 Å². The number of carboxylic acid groups (broad SMARTS) is 1. The number of alkyl carbamates (subject to hydrolysis) is 1. The predicted molar refractivity (Wildman–Crippen MR) is 121 cm³/mol. The van der Waals surface area contributed by atoms with Gasteiger partial charge in [-0.15, -0.1) is 0 Å². The van der Waals surface area contributed by atoms with Gasteiger partial charge in [-0.2, -0.15) is 0 Å². The number of ether oxygens (including phenoxy) is 1. The van der Waals surface area contributed by atoms with Crippen molar-refractivity contribution < 1.29 is 24.2 Å². The highest BCUT2D eigenvalue weighted by Gasteiger charge is 2.28. The molecule has 0 spiro atoms. The SMILES string of the molecule is CCC(CCC(=O)O)NC(=O)CCCNC(=O)OCC1c2ccccc2-c2ccccc21. The summed E-state index contributed by atoms with van der Waals surface area (Å²) in [5, 5.41) is 14.3.